The van der Waals surface area contributed by atoms with Crippen molar-refractivity contribution in [2.24, 2.45) is 0 Å². The van der Waals surface area contributed by atoms with Crippen LogP contribution in [0.25, 0.3) is 6.08 Å². The number of benzene rings is 2. The topological polar surface area (TPSA) is 55.8 Å². The van der Waals surface area contributed by atoms with E-state index in [9.17, 15) is 9.59 Å². The fraction of sp³-hybridized carbons (Fsp3) is 0.200. The van der Waals surface area contributed by atoms with Crippen molar-refractivity contribution in [2.75, 3.05) is 25.2 Å². The number of amides is 1. The number of hydrogen-bond acceptors (Lipinski definition) is 4. The van der Waals surface area contributed by atoms with Crippen molar-refractivity contribution in [3.63, 3.8) is 0 Å². The molecule has 25 heavy (non-hydrogen) atoms. The predicted octanol–water partition coefficient (Wildman–Crippen LogP) is 3.34. The average molecular weight is 337 g/mol. The molecule has 0 unspecified atom stereocenters. The highest BCUT2D eigenvalue weighted by atomic mass is 16.5. The van der Waals surface area contributed by atoms with Crippen molar-refractivity contribution in [1.29, 1.82) is 0 Å². The van der Waals surface area contributed by atoms with Crippen molar-refractivity contribution < 1.29 is 19.1 Å². The van der Waals surface area contributed by atoms with Gasteiger partial charge in [0.15, 0.2) is 5.78 Å². The maximum Gasteiger partial charge on any atom is 0.251 e. The van der Waals surface area contributed by atoms with Crippen LogP contribution >= 0.6 is 0 Å². The molecule has 2 aromatic rings. The standard InChI is InChI=1S/C20H19NO4/c1-14(22)16-7-8-19-18(13-16)21(10-11-25-19)20(23)9-6-15-4-3-5-17(12-15)24-2/h3-9,12-13H,10-11H2,1-2H3/b9-6+. The van der Waals surface area contributed by atoms with Gasteiger partial charge in [-0.05, 0) is 48.9 Å². The maximum atomic E-state index is 12.6. The van der Waals surface area contributed by atoms with E-state index >= 15 is 0 Å². The minimum atomic E-state index is -0.159. The van der Waals surface area contributed by atoms with E-state index < -0.39 is 0 Å². The Morgan fingerprint density at radius 3 is 2.80 bits per heavy atom. The molecule has 5 heteroatoms. The molecule has 0 N–H and O–H groups in total. The number of hydrogen-bond donors (Lipinski definition) is 0. The summed E-state index contributed by atoms with van der Waals surface area (Å²) in [4.78, 5) is 25.9. The molecule has 1 amide bonds. The van der Waals surface area contributed by atoms with E-state index in [1.54, 1.807) is 36.3 Å². The summed E-state index contributed by atoms with van der Waals surface area (Å²) in [6.45, 7) is 2.36. The summed E-state index contributed by atoms with van der Waals surface area (Å²) in [6, 6.07) is 12.6. The molecule has 2 aromatic carbocycles. The van der Waals surface area contributed by atoms with Crippen LogP contribution in [0, 0.1) is 0 Å². The van der Waals surface area contributed by atoms with Crippen LogP contribution in [0.4, 0.5) is 5.69 Å². The molecular formula is C20H19NO4. The Hall–Kier alpha value is -3.08. The summed E-state index contributed by atoms with van der Waals surface area (Å²) >= 11 is 0. The third kappa shape index (κ3) is 3.71. The van der Waals surface area contributed by atoms with E-state index in [-0.39, 0.29) is 11.7 Å². The molecular weight excluding hydrogens is 318 g/mol. The molecule has 0 fully saturated rings. The Labute approximate surface area is 146 Å². The smallest absolute Gasteiger partial charge is 0.251 e. The molecule has 0 aromatic heterocycles. The van der Waals surface area contributed by atoms with Crippen LogP contribution in [0.5, 0.6) is 11.5 Å². The largest absolute Gasteiger partial charge is 0.497 e. The van der Waals surface area contributed by atoms with Crippen molar-refractivity contribution >= 4 is 23.5 Å². The summed E-state index contributed by atoms with van der Waals surface area (Å²) in [5.41, 5.74) is 2.05. The second-order valence-corrected chi connectivity index (χ2v) is 5.69. The molecule has 3 rings (SSSR count). The monoisotopic (exact) mass is 337 g/mol. The number of methoxy groups -OCH3 is 1. The molecule has 128 valence electrons. The number of carbonyl (C=O) groups excluding carboxylic acids is 2. The quantitative estimate of drug-likeness (QED) is 0.634. The van der Waals surface area contributed by atoms with Crippen LogP contribution in [0.15, 0.2) is 48.5 Å². The highest BCUT2D eigenvalue weighted by Crippen LogP contribution is 2.33. The van der Waals surface area contributed by atoms with E-state index in [2.05, 4.69) is 0 Å². The van der Waals surface area contributed by atoms with E-state index in [1.807, 2.05) is 24.3 Å². The zero-order valence-electron chi connectivity index (χ0n) is 14.2. The van der Waals surface area contributed by atoms with E-state index in [1.165, 1.54) is 13.0 Å². The minimum absolute atomic E-state index is 0.0484. The van der Waals surface area contributed by atoms with Gasteiger partial charge in [-0.3, -0.25) is 9.59 Å². The van der Waals surface area contributed by atoms with Crippen molar-refractivity contribution in [3.8, 4) is 11.5 Å². The number of Topliss-reactive ketones (excluding diaryl/α,β-unsaturated/α-hetero) is 1. The Kier molecular flexibility index (Phi) is 4.84. The zero-order chi connectivity index (χ0) is 17.8. The second kappa shape index (κ2) is 7.21. The van der Waals surface area contributed by atoms with Crippen molar-refractivity contribution in [2.45, 2.75) is 6.92 Å². The Bertz CT molecular complexity index is 841. The third-order valence-electron chi connectivity index (χ3n) is 4.01. The lowest BCUT2D eigenvalue weighted by molar-refractivity contribution is -0.114. The van der Waals surface area contributed by atoms with Gasteiger partial charge >= 0.3 is 0 Å². The molecule has 0 radical (unpaired) electrons. The average Bonchev–Trinajstić information content (AvgIpc) is 2.65. The van der Waals surface area contributed by atoms with Crippen LogP contribution in [0.2, 0.25) is 0 Å². The Morgan fingerprint density at radius 1 is 1.20 bits per heavy atom. The number of rotatable bonds is 4. The number of carbonyl (C=O) groups is 2. The highest BCUT2D eigenvalue weighted by molar-refractivity contribution is 6.06. The first-order valence-electron chi connectivity index (χ1n) is 8.00. The first kappa shape index (κ1) is 16.8. The second-order valence-electron chi connectivity index (χ2n) is 5.69. The Morgan fingerprint density at radius 2 is 2.04 bits per heavy atom. The molecule has 1 aliphatic heterocycles. The fourth-order valence-corrected chi connectivity index (χ4v) is 2.67. The van der Waals surface area contributed by atoms with Crippen LogP contribution in [0.1, 0.15) is 22.8 Å². The van der Waals surface area contributed by atoms with Gasteiger partial charge in [-0.1, -0.05) is 12.1 Å². The van der Waals surface area contributed by atoms with Crippen LogP contribution in [0.3, 0.4) is 0 Å². The number of nitrogens with zero attached hydrogens (tertiary/aromatic N) is 1. The zero-order valence-corrected chi connectivity index (χ0v) is 14.2. The molecule has 0 atom stereocenters. The lowest BCUT2D eigenvalue weighted by Gasteiger charge is -2.29. The number of ether oxygens (including phenoxy) is 2. The molecule has 0 saturated heterocycles. The van der Waals surface area contributed by atoms with Crippen LogP contribution in [-0.4, -0.2) is 32.0 Å². The lowest BCUT2D eigenvalue weighted by atomic mass is 10.1. The van der Waals surface area contributed by atoms with Gasteiger partial charge in [-0.2, -0.15) is 0 Å². The number of anilines is 1. The molecule has 0 bridgehead atoms. The van der Waals surface area contributed by atoms with Gasteiger partial charge in [0, 0.05) is 11.6 Å². The molecule has 0 spiro atoms. The van der Waals surface area contributed by atoms with Crippen molar-refractivity contribution in [1.82, 2.24) is 0 Å². The molecule has 1 aliphatic rings. The van der Waals surface area contributed by atoms with Gasteiger partial charge in [0.2, 0.25) is 0 Å². The first-order valence-corrected chi connectivity index (χ1v) is 8.00. The van der Waals surface area contributed by atoms with Gasteiger partial charge in [0.25, 0.3) is 5.91 Å². The number of ketones is 1. The SMILES string of the molecule is COc1cccc(/C=C/C(=O)N2CCOc3ccc(C(C)=O)cc32)c1. The number of fused-ring (bicyclic) bond motifs is 1. The summed E-state index contributed by atoms with van der Waals surface area (Å²) < 4.78 is 10.8. The molecule has 0 saturated carbocycles. The normalized spacial score (nSPS) is 13.3. The fourth-order valence-electron chi connectivity index (χ4n) is 2.67. The lowest BCUT2D eigenvalue weighted by Crippen LogP contribution is -2.37. The summed E-state index contributed by atoms with van der Waals surface area (Å²) in [7, 11) is 1.60. The predicted molar refractivity (Wildman–Crippen MR) is 96.3 cm³/mol. The van der Waals surface area contributed by atoms with Gasteiger partial charge in [0.1, 0.15) is 18.1 Å². The first-order chi connectivity index (χ1) is 12.1. The van der Waals surface area contributed by atoms with E-state index in [0.717, 1.165) is 11.3 Å². The summed E-state index contributed by atoms with van der Waals surface area (Å²) in [6.07, 6.45) is 3.26. The Balaban J connectivity index is 1.85. The van der Waals surface area contributed by atoms with Gasteiger partial charge < -0.3 is 14.4 Å². The van der Waals surface area contributed by atoms with Crippen LogP contribution < -0.4 is 14.4 Å². The van der Waals surface area contributed by atoms with E-state index in [0.29, 0.717) is 30.2 Å². The van der Waals surface area contributed by atoms with Crippen molar-refractivity contribution in [3.05, 3.63) is 59.7 Å². The molecule has 5 nitrogen and oxygen atoms in total. The van der Waals surface area contributed by atoms with Crippen LogP contribution in [-0.2, 0) is 4.79 Å². The molecule has 0 aliphatic carbocycles. The van der Waals surface area contributed by atoms with E-state index in [4.69, 9.17) is 9.47 Å². The maximum absolute atomic E-state index is 12.6. The molecule has 1 heterocycles. The minimum Gasteiger partial charge on any atom is -0.497 e. The third-order valence-corrected chi connectivity index (χ3v) is 4.01. The highest BCUT2D eigenvalue weighted by Gasteiger charge is 2.23. The van der Waals surface area contributed by atoms with Gasteiger partial charge in [-0.15, -0.1) is 0 Å². The summed E-state index contributed by atoms with van der Waals surface area (Å²) in [5, 5.41) is 0. The van der Waals surface area contributed by atoms with Gasteiger partial charge in [0.05, 0.1) is 19.3 Å². The summed E-state index contributed by atoms with van der Waals surface area (Å²) in [5.74, 6) is 1.14. The van der Waals surface area contributed by atoms with Gasteiger partial charge in [-0.25, -0.2) is 0 Å².